The SMILES string of the molecule is Oc1ccc(C2=CCO[C@H](c3ccc(O)cc3)[C@H]2O)cc1. The van der Waals surface area contributed by atoms with Crippen LogP contribution in [0, 0.1) is 0 Å². The van der Waals surface area contributed by atoms with Crippen LogP contribution in [0.5, 0.6) is 11.5 Å². The molecule has 0 aliphatic carbocycles. The summed E-state index contributed by atoms with van der Waals surface area (Å²) in [6.07, 6.45) is 0.570. The standard InChI is InChI=1S/C17H16O4/c18-13-5-1-11(2-6-13)15-9-10-21-17(16(15)20)12-3-7-14(19)8-4-12/h1-9,16-20H,10H2/t16-,17+/m0/s1. The van der Waals surface area contributed by atoms with E-state index in [4.69, 9.17) is 4.74 Å². The number of benzene rings is 2. The first kappa shape index (κ1) is 13.7. The Morgan fingerprint density at radius 3 is 2.05 bits per heavy atom. The Labute approximate surface area is 122 Å². The number of aromatic hydroxyl groups is 2. The summed E-state index contributed by atoms with van der Waals surface area (Å²) < 4.78 is 5.63. The van der Waals surface area contributed by atoms with Crippen molar-refractivity contribution in [3.63, 3.8) is 0 Å². The fourth-order valence-corrected chi connectivity index (χ4v) is 2.50. The highest BCUT2D eigenvalue weighted by Crippen LogP contribution is 2.35. The van der Waals surface area contributed by atoms with Crippen LogP contribution in [0.1, 0.15) is 17.2 Å². The minimum absolute atomic E-state index is 0.179. The molecule has 3 N–H and O–H groups in total. The maximum absolute atomic E-state index is 10.6. The van der Waals surface area contributed by atoms with Gasteiger partial charge in [-0.05, 0) is 41.0 Å². The predicted octanol–water partition coefficient (Wildman–Crippen LogP) is 2.61. The molecule has 0 bridgehead atoms. The van der Waals surface area contributed by atoms with Crippen molar-refractivity contribution in [1.29, 1.82) is 0 Å². The molecule has 0 spiro atoms. The minimum atomic E-state index is -0.798. The Balaban J connectivity index is 1.89. The normalized spacial score (nSPS) is 21.9. The Bertz CT molecular complexity index is 643. The molecular weight excluding hydrogens is 268 g/mol. The quantitative estimate of drug-likeness (QED) is 0.793. The largest absolute Gasteiger partial charge is 0.508 e. The van der Waals surface area contributed by atoms with Gasteiger partial charge in [-0.15, -0.1) is 0 Å². The van der Waals surface area contributed by atoms with Gasteiger partial charge in [-0.3, -0.25) is 0 Å². The van der Waals surface area contributed by atoms with E-state index in [0.29, 0.717) is 6.61 Å². The van der Waals surface area contributed by atoms with Crippen LogP contribution in [-0.2, 0) is 4.74 Å². The van der Waals surface area contributed by atoms with Gasteiger partial charge >= 0.3 is 0 Å². The number of ether oxygens (including phenoxy) is 1. The molecule has 2 atom stereocenters. The van der Waals surface area contributed by atoms with Crippen LogP contribution < -0.4 is 0 Å². The highest BCUT2D eigenvalue weighted by Gasteiger charge is 2.29. The Morgan fingerprint density at radius 1 is 0.857 bits per heavy atom. The first-order valence-electron chi connectivity index (χ1n) is 6.73. The van der Waals surface area contributed by atoms with Crippen molar-refractivity contribution in [2.45, 2.75) is 12.2 Å². The number of hydrogen-bond acceptors (Lipinski definition) is 4. The maximum Gasteiger partial charge on any atom is 0.115 e. The van der Waals surface area contributed by atoms with Crippen LogP contribution in [-0.4, -0.2) is 28.0 Å². The van der Waals surface area contributed by atoms with Crippen LogP contribution in [0.3, 0.4) is 0 Å². The van der Waals surface area contributed by atoms with E-state index in [2.05, 4.69) is 0 Å². The molecule has 0 radical (unpaired) electrons. The van der Waals surface area contributed by atoms with Gasteiger partial charge in [-0.1, -0.05) is 30.3 Å². The molecule has 21 heavy (non-hydrogen) atoms. The van der Waals surface area contributed by atoms with E-state index >= 15 is 0 Å². The van der Waals surface area contributed by atoms with Crippen molar-refractivity contribution in [1.82, 2.24) is 0 Å². The lowest BCUT2D eigenvalue weighted by Crippen LogP contribution is -2.27. The third-order valence-corrected chi connectivity index (χ3v) is 3.61. The van der Waals surface area contributed by atoms with Gasteiger partial charge in [-0.2, -0.15) is 0 Å². The summed E-state index contributed by atoms with van der Waals surface area (Å²) in [6.45, 7) is 0.402. The molecule has 4 nitrogen and oxygen atoms in total. The smallest absolute Gasteiger partial charge is 0.115 e. The van der Waals surface area contributed by atoms with E-state index in [-0.39, 0.29) is 11.5 Å². The molecular formula is C17H16O4. The zero-order valence-corrected chi connectivity index (χ0v) is 11.3. The van der Waals surface area contributed by atoms with E-state index < -0.39 is 12.2 Å². The van der Waals surface area contributed by atoms with Crippen molar-refractivity contribution in [3.8, 4) is 11.5 Å². The summed E-state index contributed by atoms with van der Waals surface area (Å²) >= 11 is 0. The van der Waals surface area contributed by atoms with Crippen LogP contribution >= 0.6 is 0 Å². The zero-order valence-electron chi connectivity index (χ0n) is 11.3. The van der Waals surface area contributed by atoms with Crippen molar-refractivity contribution < 1.29 is 20.1 Å². The maximum atomic E-state index is 10.6. The number of phenols is 2. The first-order chi connectivity index (χ1) is 10.1. The third kappa shape index (κ3) is 2.77. The van der Waals surface area contributed by atoms with E-state index in [9.17, 15) is 15.3 Å². The molecule has 2 aromatic rings. The summed E-state index contributed by atoms with van der Waals surface area (Å²) in [4.78, 5) is 0. The molecule has 0 unspecified atom stereocenters. The van der Waals surface area contributed by atoms with Gasteiger partial charge in [0.2, 0.25) is 0 Å². The summed E-state index contributed by atoms with van der Waals surface area (Å²) in [5.74, 6) is 0.370. The van der Waals surface area contributed by atoms with E-state index in [0.717, 1.165) is 16.7 Å². The van der Waals surface area contributed by atoms with Crippen molar-refractivity contribution in [2.75, 3.05) is 6.61 Å². The Hall–Kier alpha value is -2.30. The van der Waals surface area contributed by atoms with E-state index in [1.165, 1.54) is 0 Å². The molecule has 1 heterocycles. The predicted molar refractivity (Wildman–Crippen MR) is 78.9 cm³/mol. The molecule has 2 aromatic carbocycles. The number of rotatable bonds is 2. The molecule has 0 aromatic heterocycles. The van der Waals surface area contributed by atoms with Crippen molar-refractivity contribution in [2.24, 2.45) is 0 Å². The Kier molecular flexibility index (Phi) is 3.64. The van der Waals surface area contributed by atoms with Gasteiger partial charge in [0.15, 0.2) is 0 Å². The molecule has 108 valence electrons. The highest BCUT2D eigenvalue weighted by atomic mass is 16.5. The second kappa shape index (κ2) is 5.60. The minimum Gasteiger partial charge on any atom is -0.508 e. The van der Waals surface area contributed by atoms with Gasteiger partial charge in [0, 0.05) is 0 Å². The number of phenolic OH excluding ortho intramolecular Hbond substituents is 2. The van der Waals surface area contributed by atoms with Crippen LogP contribution in [0.25, 0.3) is 5.57 Å². The molecule has 0 amide bonds. The van der Waals surface area contributed by atoms with Gasteiger partial charge in [0.05, 0.1) is 6.61 Å². The average molecular weight is 284 g/mol. The number of hydrogen-bond donors (Lipinski definition) is 3. The lowest BCUT2D eigenvalue weighted by molar-refractivity contribution is -0.0112. The molecule has 3 rings (SSSR count). The van der Waals surface area contributed by atoms with Gasteiger partial charge in [-0.25, -0.2) is 0 Å². The van der Waals surface area contributed by atoms with E-state index in [1.807, 2.05) is 6.08 Å². The highest BCUT2D eigenvalue weighted by molar-refractivity contribution is 5.70. The Morgan fingerprint density at radius 2 is 1.43 bits per heavy atom. The van der Waals surface area contributed by atoms with Crippen molar-refractivity contribution >= 4 is 5.57 Å². The lowest BCUT2D eigenvalue weighted by atomic mass is 9.91. The second-order valence-electron chi connectivity index (χ2n) is 5.00. The lowest BCUT2D eigenvalue weighted by Gasteiger charge is -2.29. The number of aliphatic hydroxyl groups excluding tert-OH is 1. The molecule has 0 saturated heterocycles. The van der Waals surface area contributed by atoms with Gasteiger partial charge in [0.25, 0.3) is 0 Å². The van der Waals surface area contributed by atoms with Gasteiger partial charge < -0.3 is 20.1 Å². The fraction of sp³-hybridized carbons (Fsp3) is 0.176. The molecule has 0 fully saturated rings. The van der Waals surface area contributed by atoms with Gasteiger partial charge in [0.1, 0.15) is 23.7 Å². The van der Waals surface area contributed by atoms with Crippen molar-refractivity contribution in [3.05, 3.63) is 65.7 Å². The van der Waals surface area contributed by atoms with E-state index in [1.54, 1.807) is 48.5 Å². The monoisotopic (exact) mass is 284 g/mol. The average Bonchev–Trinajstić information content (AvgIpc) is 2.50. The van der Waals surface area contributed by atoms with Crippen LogP contribution in [0.15, 0.2) is 54.6 Å². The molecule has 4 heteroatoms. The molecule has 0 saturated carbocycles. The molecule has 1 aliphatic rings. The fourth-order valence-electron chi connectivity index (χ4n) is 2.50. The zero-order chi connectivity index (χ0) is 14.8. The number of aliphatic hydroxyl groups is 1. The summed E-state index contributed by atoms with van der Waals surface area (Å²) in [5.41, 5.74) is 2.44. The first-order valence-corrected chi connectivity index (χ1v) is 6.73. The topological polar surface area (TPSA) is 69.9 Å². The van der Waals surface area contributed by atoms with Crippen LogP contribution in [0.2, 0.25) is 0 Å². The molecule has 1 aliphatic heterocycles. The van der Waals surface area contributed by atoms with Crippen LogP contribution in [0.4, 0.5) is 0 Å². The second-order valence-corrected chi connectivity index (χ2v) is 5.00. The summed E-state index contributed by atoms with van der Waals surface area (Å²) in [5, 5.41) is 29.2. The third-order valence-electron chi connectivity index (χ3n) is 3.61. The summed E-state index contributed by atoms with van der Waals surface area (Å²) in [7, 11) is 0. The summed E-state index contributed by atoms with van der Waals surface area (Å²) in [6, 6.07) is 13.3.